The largest absolute Gasteiger partial charge is 0.254 e. The van der Waals surface area contributed by atoms with E-state index in [0.29, 0.717) is 0 Å². The molecule has 0 unspecified atom stereocenters. The third kappa shape index (κ3) is 1.30. The van der Waals surface area contributed by atoms with Crippen molar-refractivity contribution in [2.24, 2.45) is 0 Å². The van der Waals surface area contributed by atoms with Gasteiger partial charge in [0.2, 0.25) is 0 Å². The molecule has 1 radical (unpaired) electrons. The van der Waals surface area contributed by atoms with Crippen LogP contribution in [0.5, 0.6) is 0 Å². The summed E-state index contributed by atoms with van der Waals surface area (Å²) in [7, 11) is 0. The van der Waals surface area contributed by atoms with Crippen LogP contribution in [0.2, 0.25) is 0 Å². The van der Waals surface area contributed by atoms with Crippen LogP contribution in [0.4, 0.5) is 0 Å². The van der Waals surface area contributed by atoms with Gasteiger partial charge in [0.25, 0.3) is 0 Å². The van der Waals surface area contributed by atoms with Gasteiger partial charge >= 0.3 is 0 Å². The van der Waals surface area contributed by atoms with E-state index in [-0.39, 0.29) is 0 Å². The van der Waals surface area contributed by atoms with Crippen molar-refractivity contribution in [1.29, 1.82) is 0 Å². The second-order valence-corrected chi connectivity index (χ2v) is 3.10. The van der Waals surface area contributed by atoms with E-state index in [1.54, 1.807) is 11.3 Å². The Balaban J connectivity index is 2.46. The zero-order valence-corrected chi connectivity index (χ0v) is 6.64. The summed E-state index contributed by atoms with van der Waals surface area (Å²) in [5, 5.41) is 2.06. The predicted molar refractivity (Wildman–Crippen MR) is 46.4 cm³/mol. The van der Waals surface area contributed by atoms with Gasteiger partial charge in [0.1, 0.15) is 0 Å². The highest BCUT2D eigenvalue weighted by atomic mass is 32.1. The van der Waals surface area contributed by atoms with Crippen LogP contribution in [-0.2, 0) is 0 Å². The van der Waals surface area contributed by atoms with Crippen LogP contribution < -0.4 is 0 Å². The van der Waals surface area contributed by atoms with Gasteiger partial charge in [-0.1, -0.05) is 6.07 Å². The minimum atomic E-state index is 1.17. The molecule has 2 rings (SSSR count). The van der Waals surface area contributed by atoms with Crippen molar-refractivity contribution in [2.75, 3.05) is 0 Å². The quantitative estimate of drug-likeness (QED) is 0.625. The second-order valence-electron chi connectivity index (χ2n) is 2.15. The second kappa shape index (κ2) is 2.84. The SMILES string of the molecule is [c]1ccc(-c2cccs2)cn1. The summed E-state index contributed by atoms with van der Waals surface area (Å²) in [4.78, 5) is 5.18. The molecule has 0 saturated carbocycles. The lowest BCUT2D eigenvalue weighted by molar-refractivity contribution is 1.32. The molecule has 0 fully saturated rings. The fraction of sp³-hybridized carbons (Fsp3) is 0. The third-order valence-electron chi connectivity index (χ3n) is 1.42. The average molecular weight is 160 g/mol. The smallest absolute Gasteiger partial charge is 0.0886 e. The summed E-state index contributed by atoms with van der Waals surface area (Å²) < 4.78 is 0. The van der Waals surface area contributed by atoms with Gasteiger partial charge in [-0.3, -0.25) is 4.98 Å². The maximum Gasteiger partial charge on any atom is 0.0886 e. The Morgan fingerprint density at radius 2 is 2.36 bits per heavy atom. The number of pyridine rings is 1. The summed E-state index contributed by atoms with van der Waals surface area (Å²) in [6.45, 7) is 0. The fourth-order valence-electron chi connectivity index (χ4n) is 0.908. The van der Waals surface area contributed by atoms with Crippen molar-refractivity contribution in [2.45, 2.75) is 0 Å². The first-order valence-electron chi connectivity index (χ1n) is 3.33. The van der Waals surface area contributed by atoms with Crippen LogP contribution in [0.25, 0.3) is 10.4 Å². The summed E-state index contributed by atoms with van der Waals surface area (Å²) >= 11 is 1.72. The number of aromatic nitrogens is 1. The van der Waals surface area contributed by atoms with Gasteiger partial charge in [0.15, 0.2) is 0 Å². The fourth-order valence-corrected chi connectivity index (χ4v) is 1.63. The molecular formula is C9H6NS. The molecule has 0 aliphatic carbocycles. The molecular weight excluding hydrogens is 154 g/mol. The average Bonchev–Trinajstić information content (AvgIpc) is 2.58. The molecule has 0 aliphatic rings. The molecule has 0 amide bonds. The Morgan fingerprint density at radius 1 is 1.36 bits per heavy atom. The van der Waals surface area contributed by atoms with E-state index >= 15 is 0 Å². The molecule has 0 atom stereocenters. The zero-order chi connectivity index (χ0) is 7.52. The Morgan fingerprint density at radius 3 is 3.00 bits per heavy atom. The van der Waals surface area contributed by atoms with Crippen LogP contribution in [0.1, 0.15) is 0 Å². The van der Waals surface area contributed by atoms with Crippen molar-refractivity contribution >= 4 is 11.3 Å². The monoisotopic (exact) mass is 160 g/mol. The molecule has 1 nitrogen and oxygen atoms in total. The highest BCUT2D eigenvalue weighted by molar-refractivity contribution is 7.13. The molecule has 2 aromatic heterocycles. The van der Waals surface area contributed by atoms with Gasteiger partial charge in [-0.05, 0) is 23.6 Å². The van der Waals surface area contributed by atoms with Crippen molar-refractivity contribution in [3.8, 4) is 10.4 Å². The Hall–Kier alpha value is -1.15. The summed E-state index contributed by atoms with van der Waals surface area (Å²) in [6.07, 6.45) is 4.57. The number of hydrogen-bond acceptors (Lipinski definition) is 2. The van der Waals surface area contributed by atoms with Gasteiger partial charge < -0.3 is 0 Å². The number of hydrogen-bond donors (Lipinski definition) is 0. The van der Waals surface area contributed by atoms with Crippen molar-refractivity contribution in [3.63, 3.8) is 0 Å². The van der Waals surface area contributed by atoms with Gasteiger partial charge in [0.05, 0.1) is 6.20 Å². The normalized spacial score (nSPS) is 9.82. The van der Waals surface area contributed by atoms with Crippen LogP contribution in [-0.4, -0.2) is 4.98 Å². The van der Waals surface area contributed by atoms with Crippen molar-refractivity contribution in [3.05, 3.63) is 42.0 Å². The molecule has 2 heterocycles. The standard InChI is InChI=1S/C9H6NS/c1-3-8(7-10-5-1)9-4-2-6-11-9/h1-4,6-7H. The van der Waals surface area contributed by atoms with E-state index in [0.717, 1.165) is 0 Å². The molecule has 2 heteroatoms. The van der Waals surface area contributed by atoms with Crippen LogP contribution in [0.15, 0.2) is 35.8 Å². The first kappa shape index (κ1) is 6.55. The molecule has 0 bridgehead atoms. The lowest BCUT2D eigenvalue weighted by Gasteiger charge is -1.92. The van der Waals surface area contributed by atoms with Crippen molar-refractivity contribution < 1.29 is 0 Å². The number of rotatable bonds is 1. The van der Waals surface area contributed by atoms with Gasteiger partial charge in [-0.15, -0.1) is 11.3 Å². The van der Waals surface area contributed by atoms with Gasteiger partial charge in [-0.25, -0.2) is 0 Å². The van der Waals surface area contributed by atoms with E-state index < -0.39 is 0 Å². The van der Waals surface area contributed by atoms with Gasteiger partial charge in [-0.2, -0.15) is 0 Å². The maximum absolute atomic E-state index is 3.92. The molecule has 2 aromatic rings. The summed E-state index contributed by atoms with van der Waals surface area (Å²) in [6, 6.07) is 7.96. The molecule has 0 aliphatic heterocycles. The first-order valence-corrected chi connectivity index (χ1v) is 4.21. The van der Waals surface area contributed by atoms with Gasteiger partial charge in [0, 0.05) is 16.6 Å². The Bertz CT molecular complexity index is 313. The topological polar surface area (TPSA) is 12.9 Å². The highest BCUT2D eigenvalue weighted by Gasteiger charge is 1.95. The summed E-state index contributed by atoms with van der Waals surface area (Å²) in [5.74, 6) is 0. The first-order chi connectivity index (χ1) is 5.47. The van der Waals surface area contributed by atoms with Crippen LogP contribution in [0.3, 0.4) is 0 Å². The van der Waals surface area contributed by atoms with Crippen molar-refractivity contribution in [1.82, 2.24) is 4.98 Å². The molecule has 11 heavy (non-hydrogen) atoms. The molecule has 0 saturated heterocycles. The van der Waals surface area contributed by atoms with E-state index in [2.05, 4.69) is 22.6 Å². The minimum Gasteiger partial charge on any atom is -0.254 e. The molecule has 53 valence electrons. The van der Waals surface area contributed by atoms with E-state index in [4.69, 9.17) is 0 Å². The van der Waals surface area contributed by atoms with E-state index in [1.807, 2.05) is 24.4 Å². The number of thiophene rings is 1. The minimum absolute atomic E-state index is 1.17. The molecule has 0 aromatic carbocycles. The number of nitrogens with zero attached hydrogens (tertiary/aromatic N) is 1. The molecule has 0 N–H and O–H groups in total. The lowest BCUT2D eigenvalue weighted by atomic mass is 10.2. The third-order valence-corrected chi connectivity index (χ3v) is 2.34. The van der Waals surface area contributed by atoms with E-state index in [1.165, 1.54) is 10.4 Å². The molecule has 0 spiro atoms. The highest BCUT2D eigenvalue weighted by Crippen LogP contribution is 2.22. The summed E-state index contributed by atoms with van der Waals surface area (Å²) in [5.41, 5.74) is 1.17. The van der Waals surface area contributed by atoms with Crippen LogP contribution >= 0.6 is 11.3 Å². The lowest BCUT2D eigenvalue weighted by Crippen LogP contribution is -1.72. The Labute approximate surface area is 69.3 Å². The predicted octanol–water partition coefficient (Wildman–Crippen LogP) is 2.61. The van der Waals surface area contributed by atoms with E-state index in [9.17, 15) is 0 Å². The maximum atomic E-state index is 3.92. The van der Waals surface area contributed by atoms with Crippen LogP contribution in [0, 0.1) is 6.20 Å². The zero-order valence-electron chi connectivity index (χ0n) is 5.82. The Kier molecular flexibility index (Phi) is 1.69.